The second kappa shape index (κ2) is 5.39. The van der Waals surface area contributed by atoms with Crippen molar-refractivity contribution in [3.63, 3.8) is 0 Å². The van der Waals surface area contributed by atoms with Crippen molar-refractivity contribution in [2.45, 2.75) is 30.1 Å². The number of allylic oxidation sites excluding steroid dienone is 1. The molecular formula is C16H22O3S. The molecule has 5 unspecified atom stereocenters. The summed E-state index contributed by atoms with van der Waals surface area (Å²) in [6, 6.07) is 0. The first kappa shape index (κ1) is 13.2. The van der Waals surface area contributed by atoms with Crippen LogP contribution in [0.2, 0.25) is 0 Å². The van der Waals surface area contributed by atoms with Gasteiger partial charge in [0.05, 0.1) is 30.3 Å². The fourth-order valence-electron chi connectivity index (χ4n) is 4.30. The van der Waals surface area contributed by atoms with Gasteiger partial charge in [0.2, 0.25) is 0 Å². The van der Waals surface area contributed by atoms with E-state index in [9.17, 15) is 0 Å². The summed E-state index contributed by atoms with van der Waals surface area (Å²) in [6.07, 6.45) is 10.4. The van der Waals surface area contributed by atoms with E-state index in [2.05, 4.69) is 17.6 Å². The molecule has 0 aliphatic carbocycles. The first-order valence-electron chi connectivity index (χ1n) is 7.73. The van der Waals surface area contributed by atoms with E-state index in [1.165, 1.54) is 19.3 Å². The van der Waals surface area contributed by atoms with Crippen LogP contribution in [0.3, 0.4) is 0 Å². The minimum Gasteiger partial charge on any atom is -0.501 e. The summed E-state index contributed by atoms with van der Waals surface area (Å²) in [4.78, 5) is 0. The molecule has 2 fully saturated rings. The van der Waals surface area contributed by atoms with Crippen LogP contribution in [0.25, 0.3) is 0 Å². The molecule has 0 aromatic carbocycles. The van der Waals surface area contributed by atoms with E-state index in [1.807, 2.05) is 18.0 Å². The molecule has 4 heteroatoms. The van der Waals surface area contributed by atoms with Crippen LogP contribution in [-0.2, 0) is 14.2 Å². The van der Waals surface area contributed by atoms with Crippen molar-refractivity contribution in [2.75, 3.05) is 26.4 Å². The second-order valence-electron chi connectivity index (χ2n) is 6.21. The number of hydrogen-bond donors (Lipinski definition) is 0. The van der Waals surface area contributed by atoms with Crippen LogP contribution < -0.4 is 0 Å². The molecule has 0 aromatic heterocycles. The Balaban J connectivity index is 1.67. The van der Waals surface area contributed by atoms with Crippen LogP contribution in [-0.4, -0.2) is 37.3 Å². The Hall–Kier alpha value is -0.450. The Kier molecular flexibility index (Phi) is 3.57. The highest BCUT2D eigenvalue weighted by Gasteiger charge is 2.56. The summed E-state index contributed by atoms with van der Waals surface area (Å²) in [5, 5.41) is 2.30. The molecule has 110 valence electrons. The van der Waals surface area contributed by atoms with Gasteiger partial charge >= 0.3 is 0 Å². The van der Waals surface area contributed by atoms with Crippen LogP contribution >= 0.6 is 11.8 Å². The van der Waals surface area contributed by atoms with Crippen molar-refractivity contribution in [2.24, 2.45) is 17.8 Å². The third-order valence-electron chi connectivity index (χ3n) is 5.25. The van der Waals surface area contributed by atoms with E-state index in [1.54, 1.807) is 0 Å². The van der Waals surface area contributed by atoms with E-state index in [4.69, 9.17) is 14.2 Å². The maximum atomic E-state index is 6.16. The van der Waals surface area contributed by atoms with Crippen LogP contribution in [0, 0.1) is 17.8 Å². The molecule has 20 heavy (non-hydrogen) atoms. The highest BCUT2D eigenvalue weighted by atomic mass is 32.2. The summed E-state index contributed by atoms with van der Waals surface area (Å²) in [5.41, 5.74) is 0. The first-order valence-corrected chi connectivity index (χ1v) is 8.61. The third-order valence-corrected chi connectivity index (χ3v) is 6.82. The van der Waals surface area contributed by atoms with Gasteiger partial charge in [-0.2, -0.15) is 0 Å². The largest absolute Gasteiger partial charge is 0.501 e. The predicted octanol–water partition coefficient (Wildman–Crippen LogP) is 2.98. The Labute approximate surface area is 124 Å². The number of ether oxygens (including phenoxy) is 3. The minimum absolute atomic E-state index is 0.162. The van der Waals surface area contributed by atoms with Crippen LogP contribution in [0.15, 0.2) is 23.8 Å². The lowest BCUT2D eigenvalue weighted by molar-refractivity contribution is 0.0272. The maximum Gasteiger partial charge on any atom is 0.0943 e. The number of thioether (sulfide) groups is 1. The van der Waals surface area contributed by atoms with E-state index < -0.39 is 0 Å². The lowest BCUT2D eigenvalue weighted by Gasteiger charge is -2.45. The average Bonchev–Trinajstić information content (AvgIpc) is 3.23. The van der Waals surface area contributed by atoms with E-state index in [0.717, 1.165) is 26.4 Å². The lowest BCUT2D eigenvalue weighted by atomic mass is 9.70. The summed E-state index contributed by atoms with van der Waals surface area (Å²) in [6.45, 7) is 3.54. The van der Waals surface area contributed by atoms with Crippen molar-refractivity contribution in [1.29, 1.82) is 0 Å². The van der Waals surface area contributed by atoms with Gasteiger partial charge < -0.3 is 14.2 Å². The quantitative estimate of drug-likeness (QED) is 0.800. The molecule has 4 aliphatic heterocycles. The molecule has 4 rings (SSSR count). The molecule has 0 aromatic rings. The molecule has 0 amide bonds. The van der Waals surface area contributed by atoms with Gasteiger partial charge in [0.1, 0.15) is 0 Å². The topological polar surface area (TPSA) is 27.7 Å². The van der Waals surface area contributed by atoms with Crippen LogP contribution in [0.5, 0.6) is 0 Å². The Morgan fingerprint density at radius 2 is 2.10 bits per heavy atom. The van der Waals surface area contributed by atoms with E-state index in [-0.39, 0.29) is 4.75 Å². The monoisotopic (exact) mass is 294 g/mol. The summed E-state index contributed by atoms with van der Waals surface area (Å²) in [7, 11) is 0. The van der Waals surface area contributed by atoms with Gasteiger partial charge in [-0.25, -0.2) is 0 Å². The third kappa shape index (κ3) is 1.96. The molecule has 3 nitrogen and oxygen atoms in total. The van der Waals surface area contributed by atoms with Crippen LogP contribution in [0.4, 0.5) is 0 Å². The Morgan fingerprint density at radius 1 is 1.10 bits per heavy atom. The van der Waals surface area contributed by atoms with Gasteiger partial charge in [-0.3, -0.25) is 0 Å². The van der Waals surface area contributed by atoms with Gasteiger partial charge in [0, 0.05) is 31.0 Å². The Bertz CT molecular complexity index is 392. The summed E-state index contributed by atoms with van der Waals surface area (Å²) < 4.78 is 17.5. The lowest BCUT2D eigenvalue weighted by Crippen LogP contribution is -2.51. The molecular weight excluding hydrogens is 272 g/mol. The molecule has 0 saturated carbocycles. The molecule has 0 spiro atoms. The molecule has 0 bridgehead atoms. The van der Waals surface area contributed by atoms with Gasteiger partial charge in [0.25, 0.3) is 0 Å². The summed E-state index contributed by atoms with van der Waals surface area (Å²) in [5.74, 6) is 1.61. The van der Waals surface area contributed by atoms with E-state index >= 15 is 0 Å². The van der Waals surface area contributed by atoms with Crippen molar-refractivity contribution >= 4 is 11.8 Å². The smallest absolute Gasteiger partial charge is 0.0943 e. The standard InChI is InChI=1S/C16H22O3S/c1-2-15(19-6-1)16(13-4-8-18-11-13)14(5-9-20-16)12-3-7-17-10-12/h3,5,7,9,12-15H,1-2,4,6,8,10-11H2. The Morgan fingerprint density at radius 3 is 2.80 bits per heavy atom. The molecule has 2 saturated heterocycles. The molecule has 4 heterocycles. The van der Waals surface area contributed by atoms with Gasteiger partial charge in [-0.1, -0.05) is 6.08 Å². The van der Waals surface area contributed by atoms with Crippen molar-refractivity contribution in [3.05, 3.63) is 23.8 Å². The zero-order chi connectivity index (χ0) is 13.4. The molecule has 0 radical (unpaired) electrons. The fourth-order valence-corrected chi connectivity index (χ4v) is 5.91. The first-order chi connectivity index (χ1) is 9.91. The highest BCUT2D eigenvalue weighted by molar-refractivity contribution is 8.03. The predicted molar refractivity (Wildman–Crippen MR) is 79.4 cm³/mol. The molecule has 0 N–H and O–H groups in total. The van der Waals surface area contributed by atoms with Gasteiger partial charge in [0.15, 0.2) is 0 Å². The zero-order valence-corrected chi connectivity index (χ0v) is 12.5. The zero-order valence-electron chi connectivity index (χ0n) is 11.7. The van der Waals surface area contributed by atoms with Crippen molar-refractivity contribution in [3.8, 4) is 0 Å². The second-order valence-corrected chi connectivity index (χ2v) is 7.43. The van der Waals surface area contributed by atoms with Gasteiger partial charge in [-0.15, -0.1) is 11.8 Å². The summed E-state index contributed by atoms with van der Waals surface area (Å²) >= 11 is 2.00. The normalized spacial score (nSPS) is 47.2. The molecule has 4 aliphatic rings. The van der Waals surface area contributed by atoms with Crippen molar-refractivity contribution < 1.29 is 14.2 Å². The maximum absolute atomic E-state index is 6.16. The van der Waals surface area contributed by atoms with E-state index in [0.29, 0.717) is 23.9 Å². The molecule has 5 atom stereocenters. The SMILES string of the molecule is C1=CC(C2C=CSC2(C2CCOC2)C2CCCO2)CO1. The number of hydrogen-bond acceptors (Lipinski definition) is 4. The highest BCUT2D eigenvalue weighted by Crippen LogP contribution is 2.56. The number of rotatable bonds is 3. The average molecular weight is 294 g/mol. The minimum atomic E-state index is 0.162. The van der Waals surface area contributed by atoms with Crippen molar-refractivity contribution in [1.82, 2.24) is 0 Å². The van der Waals surface area contributed by atoms with Crippen LogP contribution in [0.1, 0.15) is 19.3 Å². The fraction of sp³-hybridized carbons (Fsp3) is 0.750. The van der Waals surface area contributed by atoms with Gasteiger partial charge in [-0.05, 0) is 30.7 Å².